The summed E-state index contributed by atoms with van der Waals surface area (Å²) in [5.74, 6) is 1.03. The quantitative estimate of drug-likeness (QED) is 0.642. The lowest BCUT2D eigenvalue weighted by molar-refractivity contribution is -0.105. The van der Waals surface area contributed by atoms with Gasteiger partial charge in [0.25, 0.3) is 0 Å². The van der Waals surface area contributed by atoms with Gasteiger partial charge in [0.05, 0.1) is 6.20 Å². The first-order valence-corrected chi connectivity index (χ1v) is 5.93. The van der Waals surface area contributed by atoms with Crippen molar-refractivity contribution in [1.82, 2.24) is 9.97 Å². The summed E-state index contributed by atoms with van der Waals surface area (Å²) in [5, 5.41) is 11.8. The maximum Gasteiger partial charge on any atom is 0.222 e. The van der Waals surface area contributed by atoms with E-state index in [4.69, 9.17) is 5.73 Å². The number of nitrogen functional groups attached to an aromatic ring is 1. The van der Waals surface area contributed by atoms with Crippen LogP contribution >= 0.6 is 0 Å². The van der Waals surface area contributed by atoms with E-state index >= 15 is 0 Å². The first-order valence-electron chi connectivity index (χ1n) is 5.93. The molecule has 1 saturated heterocycles. The summed E-state index contributed by atoms with van der Waals surface area (Å²) in [5.41, 5.74) is 6.12. The zero-order valence-electron chi connectivity index (χ0n) is 10.0. The van der Waals surface area contributed by atoms with Crippen LogP contribution in [0.25, 0.3) is 0 Å². The monoisotopic (exact) mass is 251 g/mol. The van der Waals surface area contributed by atoms with Crippen LogP contribution in [0.4, 0.5) is 17.5 Å². The van der Waals surface area contributed by atoms with E-state index in [1.54, 1.807) is 0 Å². The highest BCUT2D eigenvalue weighted by Gasteiger charge is 2.22. The van der Waals surface area contributed by atoms with Gasteiger partial charge in [0.2, 0.25) is 12.4 Å². The minimum atomic E-state index is 0.160. The maximum absolute atomic E-state index is 10.6. The summed E-state index contributed by atoms with van der Waals surface area (Å²) >= 11 is 0. The maximum atomic E-state index is 10.6. The van der Waals surface area contributed by atoms with Crippen LogP contribution < -0.4 is 16.0 Å². The summed E-state index contributed by atoms with van der Waals surface area (Å²) in [7, 11) is 0. The van der Waals surface area contributed by atoms with E-state index in [-0.39, 0.29) is 18.5 Å². The van der Waals surface area contributed by atoms with Gasteiger partial charge in [-0.1, -0.05) is 0 Å². The fourth-order valence-corrected chi connectivity index (χ4v) is 2.20. The molecule has 2 rings (SSSR count). The Morgan fingerprint density at radius 2 is 2.50 bits per heavy atom. The SMILES string of the molecule is Nc1ncc(NC=O)c(N2CCCC(CO)C2)n1. The van der Waals surface area contributed by atoms with E-state index in [1.165, 1.54) is 6.20 Å². The molecule has 4 N–H and O–H groups in total. The molecule has 0 aliphatic carbocycles. The molecule has 2 heterocycles. The predicted octanol–water partition coefficient (Wildman–Crippen LogP) is -0.164. The molecule has 1 aliphatic rings. The Morgan fingerprint density at radius 3 is 3.22 bits per heavy atom. The van der Waals surface area contributed by atoms with Crippen molar-refractivity contribution >= 4 is 23.9 Å². The highest BCUT2D eigenvalue weighted by Crippen LogP contribution is 2.27. The summed E-state index contributed by atoms with van der Waals surface area (Å²) < 4.78 is 0. The third-order valence-electron chi connectivity index (χ3n) is 3.08. The molecular weight excluding hydrogens is 234 g/mol. The van der Waals surface area contributed by atoms with Crippen LogP contribution in [-0.2, 0) is 4.79 Å². The zero-order chi connectivity index (χ0) is 13.0. The van der Waals surface area contributed by atoms with Gasteiger partial charge in [-0.25, -0.2) is 4.98 Å². The number of nitrogens with one attached hydrogen (secondary N) is 1. The van der Waals surface area contributed by atoms with Crippen molar-refractivity contribution < 1.29 is 9.90 Å². The van der Waals surface area contributed by atoms with Gasteiger partial charge >= 0.3 is 0 Å². The third kappa shape index (κ3) is 2.67. The topological polar surface area (TPSA) is 104 Å². The van der Waals surface area contributed by atoms with E-state index in [2.05, 4.69) is 15.3 Å². The second-order valence-electron chi connectivity index (χ2n) is 4.36. The van der Waals surface area contributed by atoms with Gasteiger partial charge < -0.3 is 21.1 Å². The van der Waals surface area contributed by atoms with Crippen molar-refractivity contribution in [2.24, 2.45) is 5.92 Å². The lowest BCUT2D eigenvalue weighted by Crippen LogP contribution is -2.37. The van der Waals surface area contributed by atoms with Crippen molar-refractivity contribution in [3.8, 4) is 0 Å². The van der Waals surface area contributed by atoms with Crippen LogP contribution in [0.1, 0.15) is 12.8 Å². The molecule has 0 bridgehead atoms. The molecule has 1 fully saturated rings. The molecule has 1 aromatic rings. The number of piperidine rings is 1. The number of aromatic nitrogens is 2. The molecule has 7 heteroatoms. The lowest BCUT2D eigenvalue weighted by Gasteiger charge is -2.33. The minimum Gasteiger partial charge on any atom is -0.396 e. The van der Waals surface area contributed by atoms with E-state index < -0.39 is 0 Å². The van der Waals surface area contributed by atoms with Crippen LogP contribution in [-0.4, -0.2) is 41.2 Å². The summed E-state index contributed by atoms with van der Waals surface area (Å²) in [6, 6.07) is 0. The average Bonchev–Trinajstić information content (AvgIpc) is 2.41. The van der Waals surface area contributed by atoms with E-state index in [0.29, 0.717) is 24.5 Å². The Morgan fingerprint density at radius 1 is 1.67 bits per heavy atom. The number of rotatable bonds is 4. The molecule has 1 unspecified atom stereocenters. The molecule has 7 nitrogen and oxygen atoms in total. The molecule has 1 aliphatic heterocycles. The highest BCUT2D eigenvalue weighted by atomic mass is 16.3. The summed E-state index contributed by atoms with van der Waals surface area (Å²) in [6.45, 7) is 1.70. The van der Waals surface area contributed by atoms with Crippen LogP contribution in [0.3, 0.4) is 0 Å². The number of nitrogens with two attached hydrogens (primary N) is 1. The number of carbonyl (C=O) groups is 1. The Hall–Kier alpha value is -1.89. The summed E-state index contributed by atoms with van der Waals surface area (Å²) in [4.78, 5) is 20.6. The normalized spacial score (nSPS) is 19.6. The van der Waals surface area contributed by atoms with Gasteiger partial charge in [0.1, 0.15) is 5.69 Å². The number of carbonyl (C=O) groups excluding carboxylic acids is 1. The standard InChI is InChI=1S/C11H17N5O2/c12-11-13-4-9(14-7-18)10(15-11)16-3-1-2-8(5-16)6-17/h4,7-8,17H,1-3,5-6H2,(H,14,18)(H2,12,13,15). The number of nitrogens with zero attached hydrogens (tertiary/aromatic N) is 3. The minimum absolute atomic E-state index is 0.160. The number of hydrogen-bond acceptors (Lipinski definition) is 6. The van der Waals surface area contributed by atoms with Crippen molar-refractivity contribution in [2.45, 2.75) is 12.8 Å². The van der Waals surface area contributed by atoms with Gasteiger partial charge in [-0.2, -0.15) is 4.98 Å². The Balaban J connectivity index is 2.24. The lowest BCUT2D eigenvalue weighted by atomic mass is 9.99. The van der Waals surface area contributed by atoms with Crippen LogP contribution in [0.5, 0.6) is 0 Å². The van der Waals surface area contributed by atoms with E-state index in [0.717, 1.165) is 19.4 Å². The number of amides is 1. The molecule has 0 radical (unpaired) electrons. The molecule has 1 amide bonds. The molecule has 0 aromatic carbocycles. The van der Waals surface area contributed by atoms with Crippen molar-refractivity contribution in [1.29, 1.82) is 0 Å². The van der Waals surface area contributed by atoms with Crippen LogP contribution in [0.2, 0.25) is 0 Å². The highest BCUT2D eigenvalue weighted by molar-refractivity contribution is 5.79. The molecule has 1 atom stereocenters. The first kappa shape index (κ1) is 12.6. The van der Waals surface area contributed by atoms with Crippen molar-refractivity contribution in [2.75, 3.05) is 35.6 Å². The fraction of sp³-hybridized carbons (Fsp3) is 0.545. The van der Waals surface area contributed by atoms with E-state index in [9.17, 15) is 9.90 Å². The van der Waals surface area contributed by atoms with Crippen LogP contribution in [0, 0.1) is 5.92 Å². The summed E-state index contributed by atoms with van der Waals surface area (Å²) in [6.07, 6.45) is 4.07. The number of aliphatic hydroxyl groups excluding tert-OH is 1. The smallest absolute Gasteiger partial charge is 0.222 e. The van der Waals surface area contributed by atoms with Crippen molar-refractivity contribution in [3.05, 3.63) is 6.20 Å². The molecular formula is C11H17N5O2. The van der Waals surface area contributed by atoms with Gasteiger partial charge in [-0.15, -0.1) is 0 Å². The molecule has 98 valence electrons. The molecule has 1 aromatic heterocycles. The molecule has 0 spiro atoms. The molecule has 18 heavy (non-hydrogen) atoms. The number of aliphatic hydroxyl groups is 1. The second kappa shape index (κ2) is 5.63. The zero-order valence-corrected chi connectivity index (χ0v) is 10.0. The van der Waals surface area contributed by atoms with Gasteiger partial charge in [-0.3, -0.25) is 4.79 Å². The Kier molecular flexibility index (Phi) is 3.93. The van der Waals surface area contributed by atoms with Gasteiger partial charge in [0, 0.05) is 19.7 Å². The number of hydrogen-bond donors (Lipinski definition) is 3. The van der Waals surface area contributed by atoms with Gasteiger partial charge in [-0.05, 0) is 18.8 Å². The predicted molar refractivity (Wildman–Crippen MR) is 68.2 cm³/mol. The Bertz CT molecular complexity index is 426. The number of anilines is 3. The average molecular weight is 251 g/mol. The first-order chi connectivity index (χ1) is 8.74. The Labute approximate surface area is 105 Å². The van der Waals surface area contributed by atoms with Gasteiger partial charge in [0.15, 0.2) is 5.82 Å². The third-order valence-corrected chi connectivity index (χ3v) is 3.08. The van der Waals surface area contributed by atoms with Crippen molar-refractivity contribution in [3.63, 3.8) is 0 Å². The second-order valence-corrected chi connectivity index (χ2v) is 4.36. The largest absolute Gasteiger partial charge is 0.396 e. The molecule has 0 saturated carbocycles. The fourth-order valence-electron chi connectivity index (χ4n) is 2.20. The van der Waals surface area contributed by atoms with E-state index in [1.807, 2.05) is 4.90 Å². The van der Waals surface area contributed by atoms with Crippen LogP contribution in [0.15, 0.2) is 6.20 Å².